The van der Waals surface area contributed by atoms with E-state index in [2.05, 4.69) is 24.1 Å². The molecule has 6 heteroatoms. The van der Waals surface area contributed by atoms with E-state index in [9.17, 15) is 13.2 Å². The highest BCUT2D eigenvalue weighted by molar-refractivity contribution is 5.20. The minimum Gasteiger partial charge on any atom is -0.478 e. The van der Waals surface area contributed by atoms with Crippen molar-refractivity contribution >= 4 is 0 Å². The van der Waals surface area contributed by atoms with Crippen molar-refractivity contribution in [3.63, 3.8) is 0 Å². The zero-order valence-electron chi connectivity index (χ0n) is 11.8. The lowest BCUT2D eigenvalue weighted by molar-refractivity contribution is -0.136. The molecule has 0 aliphatic rings. The Morgan fingerprint density at radius 3 is 2.75 bits per heavy atom. The van der Waals surface area contributed by atoms with Crippen molar-refractivity contribution in [3.05, 3.63) is 23.9 Å². The van der Waals surface area contributed by atoms with Gasteiger partial charge in [-0.05, 0) is 30.5 Å². The van der Waals surface area contributed by atoms with Gasteiger partial charge < -0.3 is 10.1 Å². The van der Waals surface area contributed by atoms with Crippen molar-refractivity contribution in [2.45, 2.75) is 39.4 Å². The van der Waals surface area contributed by atoms with Crippen molar-refractivity contribution in [2.75, 3.05) is 13.2 Å². The fraction of sp³-hybridized carbons (Fsp3) is 0.643. The maximum atomic E-state index is 12.0. The number of nitrogens with one attached hydrogen (secondary N) is 1. The minimum atomic E-state index is -4.13. The van der Waals surface area contributed by atoms with E-state index in [1.807, 2.05) is 6.07 Å². The third-order valence-corrected chi connectivity index (χ3v) is 2.54. The molecule has 1 rings (SSSR count). The molecule has 3 nitrogen and oxygen atoms in total. The molecule has 1 aromatic rings. The summed E-state index contributed by atoms with van der Waals surface area (Å²) in [6.07, 6.45) is -3.41. The van der Waals surface area contributed by atoms with Crippen LogP contribution >= 0.6 is 0 Å². The Balaban J connectivity index is 2.32. The second-order valence-electron chi connectivity index (χ2n) is 5.09. The van der Waals surface area contributed by atoms with Crippen molar-refractivity contribution < 1.29 is 17.9 Å². The Morgan fingerprint density at radius 2 is 2.10 bits per heavy atom. The zero-order chi connectivity index (χ0) is 15.0. The topological polar surface area (TPSA) is 34.2 Å². The lowest BCUT2D eigenvalue weighted by Crippen LogP contribution is -2.19. The lowest BCUT2D eigenvalue weighted by Gasteiger charge is -2.10. The number of halogens is 3. The molecule has 20 heavy (non-hydrogen) atoms. The molecular formula is C14H21F3N2O. The van der Waals surface area contributed by atoms with Gasteiger partial charge in [0.05, 0.1) is 6.61 Å². The summed E-state index contributed by atoms with van der Waals surface area (Å²) < 4.78 is 41.1. The number of aromatic nitrogens is 1. The summed E-state index contributed by atoms with van der Waals surface area (Å²) in [4.78, 5) is 3.99. The predicted molar refractivity (Wildman–Crippen MR) is 71.6 cm³/mol. The van der Waals surface area contributed by atoms with Gasteiger partial charge in [0.1, 0.15) is 0 Å². The first-order chi connectivity index (χ1) is 9.37. The largest absolute Gasteiger partial charge is 0.478 e. The number of rotatable bonds is 8. The summed E-state index contributed by atoms with van der Waals surface area (Å²) >= 11 is 0. The average molecular weight is 290 g/mol. The van der Waals surface area contributed by atoms with Crippen molar-refractivity contribution in [1.82, 2.24) is 10.3 Å². The number of alkyl halides is 3. The molecule has 0 aromatic carbocycles. The van der Waals surface area contributed by atoms with Crippen molar-refractivity contribution in [2.24, 2.45) is 5.92 Å². The maximum absolute atomic E-state index is 12.0. The molecule has 0 unspecified atom stereocenters. The highest BCUT2D eigenvalue weighted by Crippen LogP contribution is 2.21. The van der Waals surface area contributed by atoms with Gasteiger partial charge in [0.2, 0.25) is 5.88 Å². The lowest BCUT2D eigenvalue weighted by atomic mass is 10.2. The SMILES string of the molecule is CC(C)CNCc1ccnc(OCCCC(F)(F)F)c1. The standard InChI is InChI=1S/C14H21F3N2O/c1-11(2)9-18-10-12-4-6-19-13(8-12)20-7-3-5-14(15,16)17/h4,6,8,11,18H,3,5,7,9-10H2,1-2H3. The third kappa shape index (κ3) is 7.99. The number of pyridine rings is 1. The van der Waals surface area contributed by atoms with E-state index in [-0.39, 0.29) is 13.0 Å². The van der Waals surface area contributed by atoms with E-state index >= 15 is 0 Å². The number of nitrogens with zero attached hydrogens (tertiary/aromatic N) is 1. The van der Waals surface area contributed by atoms with Gasteiger partial charge in [-0.15, -0.1) is 0 Å². The van der Waals surface area contributed by atoms with Crippen LogP contribution in [0.25, 0.3) is 0 Å². The number of ether oxygens (including phenoxy) is 1. The Bertz CT molecular complexity index is 394. The smallest absolute Gasteiger partial charge is 0.389 e. The van der Waals surface area contributed by atoms with Gasteiger partial charge >= 0.3 is 6.18 Å². The van der Waals surface area contributed by atoms with Gasteiger partial charge in [0.15, 0.2) is 0 Å². The Morgan fingerprint density at radius 1 is 1.35 bits per heavy atom. The van der Waals surface area contributed by atoms with Crippen LogP contribution in [0, 0.1) is 5.92 Å². The van der Waals surface area contributed by atoms with Gasteiger partial charge in [-0.3, -0.25) is 0 Å². The first kappa shape index (κ1) is 16.8. The van der Waals surface area contributed by atoms with Crippen molar-refractivity contribution in [1.29, 1.82) is 0 Å². The van der Waals surface area contributed by atoms with Crippen LogP contribution in [-0.4, -0.2) is 24.3 Å². The molecule has 0 fully saturated rings. The normalized spacial score (nSPS) is 11.9. The molecule has 114 valence electrons. The first-order valence-electron chi connectivity index (χ1n) is 6.72. The second kappa shape index (κ2) is 8.09. The van der Waals surface area contributed by atoms with Crippen LogP contribution in [0.2, 0.25) is 0 Å². The Labute approximate surface area is 117 Å². The number of hydrogen-bond donors (Lipinski definition) is 1. The van der Waals surface area contributed by atoms with Gasteiger partial charge in [-0.25, -0.2) is 4.98 Å². The highest BCUT2D eigenvalue weighted by Gasteiger charge is 2.26. The van der Waals surface area contributed by atoms with E-state index in [1.54, 1.807) is 12.3 Å². The van der Waals surface area contributed by atoms with E-state index in [0.29, 0.717) is 18.3 Å². The van der Waals surface area contributed by atoms with Crippen LogP contribution in [-0.2, 0) is 6.54 Å². The molecule has 0 radical (unpaired) electrons. The van der Waals surface area contributed by atoms with Crippen LogP contribution in [0.3, 0.4) is 0 Å². The second-order valence-corrected chi connectivity index (χ2v) is 5.09. The molecule has 1 N–H and O–H groups in total. The van der Waals surface area contributed by atoms with Crippen LogP contribution in [0.5, 0.6) is 5.88 Å². The molecule has 1 aromatic heterocycles. The van der Waals surface area contributed by atoms with E-state index < -0.39 is 12.6 Å². The predicted octanol–water partition coefficient (Wildman–Crippen LogP) is 3.55. The van der Waals surface area contributed by atoms with Crippen LogP contribution in [0.1, 0.15) is 32.3 Å². The molecule has 0 spiro atoms. The average Bonchev–Trinajstić information content (AvgIpc) is 2.34. The molecule has 0 aliphatic heterocycles. The quantitative estimate of drug-likeness (QED) is 0.743. The Kier molecular flexibility index (Phi) is 6.78. The molecule has 0 saturated carbocycles. The Hall–Kier alpha value is -1.30. The minimum absolute atomic E-state index is 0.0232. The van der Waals surface area contributed by atoms with Crippen LogP contribution in [0.15, 0.2) is 18.3 Å². The fourth-order valence-electron chi connectivity index (χ4n) is 1.59. The fourth-order valence-corrected chi connectivity index (χ4v) is 1.59. The summed E-state index contributed by atoms with van der Waals surface area (Å²) in [6.45, 7) is 5.86. The number of hydrogen-bond acceptors (Lipinski definition) is 3. The molecule has 0 atom stereocenters. The molecule has 1 heterocycles. The van der Waals surface area contributed by atoms with Crippen LogP contribution in [0.4, 0.5) is 13.2 Å². The van der Waals surface area contributed by atoms with Gasteiger partial charge in [0.25, 0.3) is 0 Å². The first-order valence-corrected chi connectivity index (χ1v) is 6.72. The highest BCUT2D eigenvalue weighted by atomic mass is 19.4. The van der Waals surface area contributed by atoms with Crippen molar-refractivity contribution in [3.8, 4) is 5.88 Å². The maximum Gasteiger partial charge on any atom is 0.389 e. The van der Waals surface area contributed by atoms with Gasteiger partial charge in [0, 0.05) is 25.2 Å². The zero-order valence-corrected chi connectivity index (χ0v) is 11.8. The summed E-state index contributed by atoms with van der Waals surface area (Å²) in [7, 11) is 0. The molecular weight excluding hydrogens is 269 g/mol. The molecule has 0 aliphatic carbocycles. The monoisotopic (exact) mass is 290 g/mol. The van der Waals surface area contributed by atoms with Gasteiger partial charge in [-0.2, -0.15) is 13.2 Å². The van der Waals surface area contributed by atoms with Crippen LogP contribution < -0.4 is 10.1 Å². The summed E-state index contributed by atoms with van der Waals surface area (Å²) in [5, 5.41) is 3.28. The molecule has 0 saturated heterocycles. The van der Waals surface area contributed by atoms with E-state index in [4.69, 9.17) is 4.74 Å². The summed E-state index contributed by atoms with van der Waals surface area (Å²) in [5.74, 6) is 0.936. The summed E-state index contributed by atoms with van der Waals surface area (Å²) in [6, 6.07) is 3.61. The summed E-state index contributed by atoms with van der Waals surface area (Å²) in [5.41, 5.74) is 1.01. The van der Waals surface area contributed by atoms with E-state index in [0.717, 1.165) is 12.1 Å². The van der Waals surface area contributed by atoms with Gasteiger partial charge in [-0.1, -0.05) is 13.8 Å². The van der Waals surface area contributed by atoms with E-state index in [1.165, 1.54) is 0 Å². The molecule has 0 bridgehead atoms. The molecule has 0 amide bonds. The third-order valence-electron chi connectivity index (χ3n) is 2.54.